The molecule has 0 atom stereocenters. The van der Waals surface area contributed by atoms with Crippen molar-refractivity contribution in [3.63, 3.8) is 0 Å². The molecule has 0 unspecified atom stereocenters. The predicted molar refractivity (Wildman–Crippen MR) is 57.7 cm³/mol. The summed E-state index contributed by atoms with van der Waals surface area (Å²) in [5, 5.41) is 0. The van der Waals surface area contributed by atoms with Gasteiger partial charge in [0.2, 0.25) is 0 Å². The molecule has 13 heavy (non-hydrogen) atoms. The van der Waals surface area contributed by atoms with Gasteiger partial charge in [-0.15, -0.1) is 11.8 Å². The minimum atomic E-state index is 0.178. The number of Topliss-reactive ketones (excluding diaryl/α,β-unsaturated/α-hetero) is 1. The molecule has 0 radical (unpaired) electrons. The van der Waals surface area contributed by atoms with E-state index in [0.29, 0.717) is 6.04 Å². The number of carbonyl (C=O) groups excluding carboxylic acids is 1. The zero-order valence-electron chi connectivity index (χ0n) is 8.76. The van der Waals surface area contributed by atoms with Crippen molar-refractivity contribution in [3.05, 3.63) is 10.6 Å². The number of carbonyl (C=O) groups is 1. The molecule has 0 aromatic carbocycles. The summed E-state index contributed by atoms with van der Waals surface area (Å²) in [5.74, 6) is 0.178. The van der Waals surface area contributed by atoms with Crippen LogP contribution < -0.4 is 0 Å². The van der Waals surface area contributed by atoms with Gasteiger partial charge in [-0.2, -0.15) is 0 Å². The first-order valence-corrected chi connectivity index (χ1v) is 5.79. The second-order valence-corrected chi connectivity index (χ2v) is 4.33. The molecular formula is C10H17NOS. The third kappa shape index (κ3) is 2.50. The summed E-state index contributed by atoms with van der Waals surface area (Å²) >= 11 is 1.55. The van der Waals surface area contributed by atoms with E-state index in [0.717, 1.165) is 10.6 Å². The molecule has 0 heterocycles. The number of thioether (sulfide) groups is 1. The molecule has 1 saturated carbocycles. The predicted octanol–water partition coefficient (Wildman–Crippen LogP) is 2.26. The number of ketones is 1. The Labute approximate surface area is 84.4 Å². The van der Waals surface area contributed by atoms with Crippen LogP contribution in [0.25, 0.3) is 0 Å². The SMILES string of the molecule is CS/C(C(C)=O)=C(/C)N(C)C1CC1. The van der Waals surface area contributed by atoms with Crippen molar-refractivity contribution in [3.8, 4) is 0 Å². The Hall–Kier alpha value is -0.440. The van der Waals surface area contributed by atoms with Gasteiger partial charge in [-0.3, -0.25) is 4.79 Å². The molecule has 0 bridgehead atoms. The van der Waals surface area contributed by atoms with Gasteiger partial charge in [0.15, 0.2) is 5.78 Å². The lowest BCUT2D eigenvalue weighted by Crippen LogP contribution is -2.20. The highest BCUT2D eigenvalue weighted by Crippen LogP contribution is 2.31. The normalized spacial score (nSPS) is 18.2. The van der Waals surface area contributed by atoms with Gasteiger partial charge in [0.05, 0.1) is 4.91 Å². The van der Waals surface area contributed by atoms with Gasteiger partial charge < -0.3 is 4.90 Å². The number of allylic oxidation sites excluding steroid dienone is 2. The zero-order valence-corrected chi connectivity index (χ0v) is 9.57. The fraction of sp³-hybridized carbons (Fsp3) is 0.700. The second-order valence-electron chi connectivity index (χ2n) is 3.52. The van der Waals surface area contributed by atoms with Crippen LogP contribution in [0.5, 0.6) is 0 Å². The maximum Gasteiger partial charge on any atom is 0.167 e. The van der Waals surface area contributed by atoms with E-state index in [1.807, 2.05) is 13.2 Å². The van der Waals surface area contributed by atoms with Crippen LogP contribution in [-0.2, 0) is 4.79 Å². The molecule has 0 amide bonds. The Morgan fingerprint density at radius 2 is 1.92 bits per heavy atom. The lowest BCUT2D eigenvalue weighted by atomic mass is 10.3. The minimum Gasteiger partial charge on any atom is -0.374 e. The summed E-state index contributed by atoms with van der Waals surface area (Å²) in [4.78, 5) is 14.4. The Kier molecular flexibility index (Phi) is 3.42. The van der Waals surface area contributed by atoms with Crippen molar-refractivity contribution in [1.82, 2.24) is 4.90 Å². The van der Waals surface area contributed by atoms with Crippen LogP contribution in [0.2, 0.25) is 0 Å². The third-order valence-corrected chi connectivity index (χ3v) is 3.47. The molecule has 0 saturated heterocycles. The fourth-order valence-electron chi connectivity index (χ4n) is 1.44. The molecule has 1 rings (SSSR count). The van der Waals surface area contributed by atoms with Crippen LogP contribution >= 0.6 is 11.8 Å². The number of rotatable bonds is 4. The van der Waals surface area contributed by atoms with Crippen LogP contribution in [0, 0.1) is 0 Å². The topological polar surface area (TPSA) is 20.3 Å². The van der Waals surface area contributed by atoms with Gasteiger partial charge in [-0.05, 0) is 32.9 Å². The smallest absolute Gasteiger partial charge is 0.167 e. The van der Waals surface area contributed by atoms with Crippen molar-refractivity contribution < 1.29 is 4.79 Å². The van der Waals surface area contributed by atoms with Crippen molar-refractivity contribution in [1.29, 1.82) is 0 Å². The summed E-state index contributed by atoms with van der Waals surface area (Å²) in [6.07, 6.45) is 4.50. The fourth-order valence-corrected chi connectivity index (χ4v) is 2.17. The van der Waals surface area contributed by atoms with E-state index in [9.17, 15) is 4.79 Å². The summed E-state index contributed by atoms with van der Waals surface area (Å²) in [7, 11) is 2.08. The van der Waals surface area contributed by atoms with Crippen molar-refractivity contribution in [2.45, 2.75) is 32.7 Å². The molecule has 0 aromatic rings. The molecule has 0 spiro atoms. The number of hydrogen-bond acceptors (Lipinski definition) is 3. The van der Waals surface area contributed by atoms with E-state index in [4.69, 9.17) is 0 Å². The number of hydrogen-bond donors (Lipinski definition) is 0. The molecule has 1 fully saturated rings. The van der Waals surface area contributed by atoms with E-state index >= 15 is 0 Å². The minimum absolute atomic E-state index is 0.178. The second kappa shape index (κ2) is 4.18. The van der Waals surface area contributed by atoms with Crippen LogP contribution in [0.15, 0.2) is 10.6 Å². The summed E-state index contributed by atoms with van der Waals surface area (Å²) in [5.41, 5.74) is 1.13. The maximum atomic E-state index is 11.3. The molecule has 0 aliphatic heterocycles. The van der Waals surface area contributed by atoms with Gasteiger partial charge in [-0.1, -0.05) is 0 Å². The van der Waals surface area contributed by atoms with Crippen LogP contribution in [0.4, 0.5) is 0 Å². The van der Waals surface area contributed by atoms with E-state index in [1.54, 1.807) is 18.7 Å². The first-order chi connectivity index (χ1) is 6.07. The van der Waals surface area contributed by atoms with E-state index < -0.39 is 0 Å². The standard InChI is InChI=1S/C10H17NOS/c1-7(10(13-4)8(2)12)11(3)9-5-6-9/h9H,5-6H2,1-4H3/b10-7-. The molecular weight excluding hydrogens is 182 g/mol. The largest absolute Gasteiger partial charge is 0.374 e. The quantitative estimate of drug-likeness (QED) is 0.648. The Bertz CT molecular complexity index is 243. The van der Waals surface area contributed by atoms with Gasteiger partial charge >= 0.3 is 0 Å². The van der Waals surface area contributed by atoms with Crippen LogP contribution in [0.1, 0.15) is 26.7 Å². The highest BCUT2D eigenvalue weighted by molar-refractivity contribution is 8.03. The lowest BCUT2D eigenvalue weighted by molar-refractivity contribution is -0.113. The zero-order chi connectivity index (χ0) is 10.0. The molecule has 3 heteroatoms. The lowest BCUT2D eigenvalue weighted by Gasteiger charge is -2.21. The number of nitrogens with zero attached hydrogens (tertiary/aromatic N) is 1. The summed E-state index contributed by atoms with van der Waals surface area (Å²) < 4.78 is 0. The van der Waals surface area contributed by atoms with Gasteiger partial charge in [0.25, 0.3) is 0 Å². The molecule has 2 nitrogen and oxygen atoms in total. The Balaban J connectivity index is 2.78. The highest BCUT2D eigenvalue weighted by atomic mass is 32.2. The van der Waals surface area contributed by atoms with Crippen molar-refractivity contribution in [2.75, 3.05) is 13.3 Å². The average Bonchev–Trinajstić information content (AvgIpc) is 2.85. The van der Waals surface area contributed by atoms with Gasteiger partial charge in [0.1, 0.15) is 0 Å². The monoisotopic (exact) mass is 199 g/mol. The first-order valence-electron chi connectivity index (χ1n) is 4.56. The van der Waals surface area contributed by atoms with E-state index in [1.165, 1.54) is 12.8 Å². The van der Waals surface area contributed by atoms with E-state index in [-0.39, 0.29) is 5.78 Å². The van der Waals surface area contributed by atoms with Gasteiger partial charge in [0, 0.05) is 18.8 Å². The summed E-state index contributed by atoms with van der Waals surface area (Å²) in [6.45, 7) is 3.67. The Morgan fingerprint density at radius 3 is 2.23 bits per heavy atom. The molecule has 0 N–H and O–H groups in total. The highest BCUT2D eigenvalue weighted by Gasteiger charge is 2.27. The first kappa shape index (κ1) is 10.6. The van der Waals surface area contributed by atoms with Gasteiger partial charge in [-0.25, -0.2) is 0 Å². The molecule has 74 valence electrons. The van der Waals surface area contributed by atoms with Crippen LogP contribution in [-0.4, -0.2) is 30.0 Å². The molecule has 1 aliphatic carbocycles. The maximum absolute atomic E-state index is 11.3. The van der Waals surface area contributed by atoms with E-state index in [2.05, 4.69) is 11.9 Å². The summed E-state index contributed by atoms with van der Waals surface area (Å²) in [6, 6.07) is 0.682. The Morgan fingerprint density at radius 1 is 1.38 bits per heavy atom. The van der Waals surface area contributed by atoms with Crippen molar-refractivity contribution in [2.24, 2.45) is 0 Å². The van der Waals surface area contributed by atoms with Crippen LogP contribution in [0.3, 0.4) is 0 Å². The average molecular weight is 199 g/mol. The van der Waals surface area contributed by atoms with Crippen molar-refractivity contribution >= 4 is 17.5 Å². The molecule has 0 aromatic heterocycles. The third-order valence-electron chi connectivity index (χ3n) is 2.48. The molecule has 1 aliphatic rings.